The van der Waals surface area contributed by atoms with E-state index in [-0.39, 0.29) is 0 Å². The molecule has 1 rings (SSSR count). The minimum Gasteiger partial charge on any atom is -0.330 e. The van der Waals surface area contributed by atoms with Crippen LogP contribution in [0.3, 0.4) is 0 Å². The molecule has 0 saturated heterocycles. The lowest BCUT2D eigenvalue weighted by Crippen LogP contribution is -2.40. The molecule has 1 saturated carbocycles. The van der Waals surface area contributed by atoms with Gasteiger partial charge in [0, 0.05) is 12.6 Å². The van der Waals surface area contributed by atoms with Gasteiger partial charge in [0.2, 0.25) is 0 Å². The number of rotatable bonds is 4. The predicted octanol–water partition coefficient (Wildman–Crippen LogP) is 1.07. The van der Waals surface area contributed by atoms with Crippen LogP contribution >= 0.6 is 0 Å². The molecule has 1 aliphatic carbocycles. The number of hydrogen-bond donors (Lipinski definition) is 1. The van der Waals surface area contributed by atoms with Crippen LogP contribution < -0.4 is 5.73 Å². The molecular formula is C9H20N2. The van der Waals surface area contributed by atoms with E-state index in [0.29, 0.717) is 5.92 Å². The second kappa shape index (κ2) is 4.07. The van der Waals surface area contributed by atoms with Crippen molar-refractivity contribution in [3.05, 3.63) is 0 Å². The van der Waals surface area contributed by atoms with Gasteiger partial charge in [0.1, 0.15) is 0 Å². The lowest BCUT2D eigenvalue weighted by Gasteiger charge is -2.36. The molecule has 1 fully saturated rings. The molecule has 2 N–H and O–H groups in total. The predicted molar refractivity (Wildman–Crippen MR) is 48.5 cm³/mol. The van der Waals surface area contributed by atoms with Gasteiger partial charge in [-0.1, -0.05) is 13.3 Å². The van der Waals surface area contributed by atoms with Crippen molar-refractivity contribution in [2.45, 2.75) is 32.2 Å². The van der Waals surface area contributed by atoms with Crippen LogP contribution in [0.25, 0.3) is 0 Å². The molecule has 0 aliphatic heterocycles. The average Bonchev–Trinajstić information content (AvgIpc) is 1.83. The van der Waals surface area contributed by atoms with Crippen molar-refractivity contribution in [3.8, 4) is 0 Å². The summed E-state index contributed by atoms with van der Waals surface area (Å²) in [6.07, 6.45) is 4.22. The summed E-state index contributed by atoms with van der Waals surface area (Å²) in [5.74, 6) is 0.653. The monoisotopic (exact) mass is 156 g/mol. The van der Waals surface area contributed by atoms with Gasteiger partial charge >= 0.3 is 0 Å². The van der Waals surface area contributed by atoms with E-state index >= 15 is 0 Å². The molecule has 0 bridgehead atoms. The van der Waals surface area contributed by atoms with Crippen LogP contribution in [0.15, 0.2) is 0 Å². The molecule has 2 nitrogen and oxygen atoms in total. The van der Waals surface area contributed by atoms with Crippen LogP contribution in [0, 0.1) is 5.92 Å². The molecule has 66 valence electrons. The first-order valence-electron chi connectivity index (χ1n) is 4.64. The van der Waals surface area contributed by atoms with Gasteiger partial charge in [-0.3, -0.25) is 0 Å². The summed E-state index contributed by atoms with van der Waals surface area (Å²) in [7, 11) is 2.22. The van der Waals surface area contributed by atoms with Crippen molar-refractivity contribution in [2.75, 3.05) is 20.1 Å². The zero-order valence-electron chi connectivity index (χ0n) is 7.71. The Morgan fingerprint density at radius 1 is 1.55 bits per heavy atom. The maximum Gasteiger partial charge on any atom is 0.00923 e. The van der Waals surface area contributed by atoms with Gasteiger partial charge < -0.3 is 10.6 Å². The molecule has 11 heavy (non-hydrogen) atoms. The van der Waals surface area contributed by atoms with Crippen molar-refractivity contribution >= 4 is 0 Å². The van der Waals surface area contributed by atoms with Gasteiger partial charge in [-0.2, -0.15) is 0 Å². The minimum absolute atomic E-state index is 0.653. The van der Waals surface area contributed by atoms with Crippen molar-refractivity contribution in [1.29, 1.82) is 0 Å². The summed E-state index contributed by atoms with van der Waals surface area (Å²) in [4.78, 5) is 2.46. The normalized spacial score (nSPS) is 21.8. The van der Waals surface area contributed by atoms with Crippen LogP contribution in [0.5, 0.6) is 0 Å². The number of nitrogens with two attached hydrogens (primary N) is 1. The highest BCUT2D eigenvalue weighted by Gasteiger charge is 2.22. The van der Waals surface area contributed by atoms with Gasteiger partial charge in [-0.15, -0.1) is 0 Å². The average molecular weight is 156 g/mol. The summed E-state index contributed by atoms with van der Waals surface area (Å²) in [6.45, 7) is 4.20. The van der Waals surface area contributed by atoms with Gasteiger partial charge in [0.05, 0.1) is 0 Å². The fourth-order valence-electron chi connectivity index (χ4n) is 1.54. The Morgan fingerprint density at radius 3 is 2.55 bits per heavy atom. The molecule has 0 amide bonds. The summed E-state index contributed by atoms with van der Waals surface area (Å²) in [5, 5.41) is 0. The van der Waals surface area contributed by atoms with Crippen LogP contribution in [0.2, 0.25) is 0 Å². The van der Waals surface area contributed by atoms with E-state index in [1.807, 2.05) is 0 Å². The van der Waals surface area contributed by atoms with Gasteiger partial charge in [0.25, 0.3) is 0 Å². The van der Waals surface area contributed by atoms with E-state index in [2.05, 4.69) is 18.9 Å². The summed E-state index contributed by atoms with van der Waals surface area (Å²) in [6, 6.07) is 0.865. The standard InChI is InChI=1S/C9H20N2/c1-8(6-10)7-11(2)9-4-3-5-9/h8-9H,3-7,10H2,1-2H3. The zero-order chi connectivity index (χ0) is 8.27. The number of nitrogens with zero attached hydrogens (tertiary/aromatic N) is 1. The van der Waals surface area contributed by atoms with E-state index < -0.39 is 0 Å². The van der Waals surface area contributed by atoms with Crippen molar-refractivity contribution in [3.63, 3.8) is 0 Å². The molecule has 0 aromatic carbocycles. The van der Waals surface area contributed by atoms with E-state index in [1.165, 1.54) is 25.8 Å². The number of hydrogen-bond acceptors (Lipinski definition) is 2. The van der Waals surface area contributed by atoms with Crippen molar-refractivity contribution < 1.29 is 0 Å². The maximum atomic E-state index is 5.55. The lowest BCUT2D eigenvalue weighted by atomic mass is 9.91. The Bertz CT molecular complexity index is 110. The highest BCUT2D eigenvalue weighted by Crippen LogP contribution is 2.23. The van der Waals surface area contributed by atoms with Gasteiger partial charge in [-0.25, -0.2) is 0 Å². The molecule has 2 heteroatoms. The Kier molecular flexibility index (Phi) is 3.34. The Labute approximate surface area is 69.8 Å². The second-order valence-electron chi connectivity index (χ2n) is 3.87. The molecule has 0 aromatic heterocycles. The quantitative estimate of drug-likeness (QED) is 0.659. The van der Waals surface area contributed by atoms with E-state index in [4.69, 9.17) is 5.73 Å². The molecule has 1 atom stereocenters. The van der Waals surface area contributed by atoms with Crippen LogP contribution in [-0.2, 0) is 0 Å². The summed E-state index contributed by atoms with van der Waals surface area (Å²) >= 11 is 0. The van der Waals surface area contributed by atoms with E-state index in [0.717, 1.165) is 12.6 Å². The highest BCUT2D eigenvalue weighted by molar-refractivity contribution is 4.78. The molecule has 0 spiro atoms. The van der Waals surface area contributed by atoms with E-state index in [1.54, 1.807) is 0 Å². The summed E-state index contributed by atoms with van der Waals surface area (Å²) in [5.41, 5.74) is 5.55. The maximum absolute atomic E-state index is 5.55. The molecular weight excluding hydrogens is 136 g/mol. The first-order chi connectivity index (χ1) is 5.24. The fraction of sp³-hybridized carbons (Fsp3) is 1.00. The van der Waals surface area contributed by atoms with Crippen LogP contribution in [-0.4, -0.2) is 31.1 Å². The first-order valence-corrected chi connectivity index (χ1v) is 4.64. The smallest absolute Gasteiger partial charge is 0.00923 e. The fourth-order valence-corrected chi connectivity index (χ4v) is 1.54. The Balaban J connectivity index is 2.13. The highest BCUT2D eigenvalue weighted by atomic mass is 15.1. The molecule has 1 aliphatic rings. The zero-order valence-corrected chi connectivity index (χ0v) is 7.71. The van der Waals surface area contributed by atoms with Gasteiger partial charge in [-0.05, 0) is 32.4 Å². The first kappa shape index (κ1) is 9.01. The third-order valence-corrected chi connectivity index (χ3v) is 2.70. The minimum atomic E-state index is 0.653. The molecule has 0 aromatic rings. The Hall–Kier alpha value is -0.0800. The van der Waals surface area contributed by atoms with Crippen molar-refractivity contribution in [2.24, 2.45) is 11.7 Å². The second-order valence-corrected chi connectivity index (χ2v) is 3.87. The molecule has 1 unspecified atom stereocenters. The van der Waals surface area contributed by atoms with Crippen LogP contribution in [0.4, 0.5) is 0 Å². The third kappa shape index (κ3) is 2.46. The summed E-state index contributed by atoms with van der Waals surface area (Å²) < 4.78 is 0. The molecule has 0 heterocycles. The van der Waals surface area contributed by atoms with E-state index in [9.17, 15) is 0 Å². The largest absolute Gasteiger partial charge is 0.330 e. The van der Waals surface area contributed by atoms with Crippen LogP contribution in [0.1, 0.15) is 26.2 Å². The topological polar surface area (TPSA) is 29.3 Å². The lowest BCUT2D eigenvalue weighted by molar-refractivity contribution is 0.143. The molecule has 0 radical (unpaired) electrons. The third-order valence-electron chi connectivity index (χ3n) is 2.70. The Morgan fingerprint density at radius 2 is 2.18 bits per heavy atom. The SMILES string of the molecule is CC(CN)CN(C)C1CCC1. The van der Waals surface area contributed by atoms with Gasteiger partial charge in [0.15, 0.2) is 0 Å². The van der Waals surface area contributed by atoms with Crippen molar-refractivity contribution in [1.82, 2.24) is 4.90 Å².